The van der Waals surface area contributed by atoms with Crippen molar-refractivity contribution in [3.05, 3.63) is 39.4 Å². The summed E-state index contributed by atoms with van der Waals surface area (Å²) in [6, 6.07) is 0. The van der Waals surface area contributed by atoms with Crippen molar-refractivity contribution in [2.45, 2.75) is 32.8 Å². The van der Waals surface area contributed by atoms with Crippen molar-refractivity contribution in [3.8, 4) is 10.7 Å². The van der Waals surface area contributed by atoms with E-state index in [-0.39, 0.29) is 12.0 Å². The highest BCUT2D eigenvalue weighted by Crippen LogP contribution is 2.29. The van der Waals surface area contributed by atoms with Gasteiger partial charge < -0.3 is 14.2 Å². The summed E-state index contributed by atoms with van der Waals surface area (Å²) in [4.78, 5) is 20.8. The number of rotatable bonds is 9. The Hall–Kier alpha value is -2.03. The van der Waals surface area contributed by atoms with Gasteiger partial charge in [0.05, 0.1) is 37.1 Å². The fourth-order valence-electron chi connectivity index (χ4n) is 2.49. The van der Waals surface area contributed by atoms with Crippen LogP contribution in [0.4, 0.5) is 0 Å². The van der Waals surface area contributed by atoms with Crippen molar-refractivity contribution in [3.63, 3.8) is 0 Å². The van der Waals surface area contributed by atoms with Crippen molar-refractivity contribution in [2.75, 3.05) is 21.3 Å². The Balaban J connectivity index is 2.13. The Morgan fingerprint density at radius 1 is 1.07 bits per heavy atom. The minimum Gasteiger partial charge on any atom is -0.500 e. The minimum absolute atomic E-state index is 0.171. The summed E-state index contributed by atoms with van der Waals surface area (Å²) in [6.07, 6.45) is 4.87. The molecule has 0 bridgehead atoms. The average Bonchev–Trinajstić information content (AvgIpc) is 3.35. The second-order valence-electron chi connectivity index (χ2n) is 6.43. The molecular formula is C20H26N2O4S2. The zero-order chi connectivity index (χ0) is 20.7. The Morgan fingerprint density at radius 3 is 2.39 bits per heavy atom. The number of esters is 1. The fourth-order valence-corrected chi connectivity index (χ4v) is 4.13. The molecule has 152 valence electrons. The molecule has 0 N–H and O–H groups in total. The normalized spacial score (nSPS) is 14.5. The molecule has 0 amide bonds. The summed E-state index contributed by atoms with van der Waals surface area (Å²) < 4.78 is 15.6. The largest absolute Gasteiger partial charge is 0.500 e. The first-order chi connectivity index (χ1) is 13.4. The van der Waals surface area contributed by atoms with Crippen LogP contribution in [-0.4, -0.2) is 43.4 Å². The molecule has 2 atom stereocenters. The molecule has 0 aliphatic carbocycles. The lowest BCUT2D eigenvalue weighted by Crippen LogP contribution is -2.21. The number of hydrogen-bond acceptors (Lipinski definition) is 8. The van der Waals surface area contributed by atoms with Crippen molar-refractivity contribution < 1.29 is 19.0 Å². The first kappa shape index (κ1) is 22.3. The van der Waals surface area contributed by atoms with E-state index in [1.54, 1.807) is 29.8 Å². The van der Waals surface area contributed by atoms with Gasteiger partial charge in [-0.1, -0.05) is 26.8 Å². The van der Waals surface area contributed by atoms with E-state index >= 15 is 0 Å². The molecule has 0 fully saturated rings. The van der Waals surface area contributed by atoms with Crippen molar-refractivity contribution in [1.82, 2.24) is 9.97 Å². The van der Waals surface area contributed by atoms with Crippen LogP contribution < -0.4 is 0 Å². The third kappa shape index (κ3) is 5.73. The Kier molecular flexibility index (Phi) is 8.35. The summed E-state index contributed by atoms with van der Waals surface area (Å²) in [5.41, 5.74) is 1.75. The van der Waals surface area contributed by atoms with Gasteiger partial charge in [-0.3, -0.25) is 0 Å². The van der Waals surface area contributed by atoms with Crippen molar-refractivity contribution >= 4 is 34.7 Å². The van der Waals surface area contributed by atoms with Crippen LogP contribution in [0.15, 0.2) is 28.7 Å². The third-order valence-corrected chi connectivity index (χ3v) is 6.15. The standard InChI is InChI=1S/C20H26N2O4S2/c1-12(2)19-22-15(11-28-19)20-21-14(10-27-20)7-8-16(24-4)13(3)17(25-5)9-18(23)26-6/h7-13,16H,1-6H3/b8-7+,17-9+/t13-,16-/m0/s1. The second-order valence-corrected chi connectivity index (χ2v) is 8.17. The molecule has 2 rings (SSSR count). The summed E-state index contributed by atoms with van der Waals surface area (Å²) in [6.45, 7) is 6.19. The molecule has 0 spiro atoms. The summed E-state index contributed by atoms with van der Waals surface area (Å²) in [7, 11) is 4.47. The SMILES string of the molecule is COC(=O)/C=C(/OC)[C@@H](C)[C@H](/C=C/c1csc(-c2csc(C(C)C)n2)n1)OC. The molecular weight excluding hydrogens is 396 g/mol. The highest BCUT2D eigenvalue weighted by molar-refractivity contribution is 7.14. The van der Waals surface area contributed by atoms with E-state index in [2.05, 4.69) is 28.6 Å². The number of carbonyl (C=O) groups is 1. The lowest BCUT2D eigenvalue weighted by molar-refractivity contribution is -0.135. The van der Waals surface area contributed by atoms with Crippen LogP contribution >= 0.6 is 22.7 Å². The fraction of sp³-hybridized carbons (Fsp3) is 0.450. The van der Waals surface area contributed by atoms with Gasteiger partial charge in [-0.05, 0) is 6.08 Å². The van der Waals surface area contributed by atoms with Crippen LogP contribution in [0.25, 0.3) is 16.8 Å². The summed E-state index contributed by atoms with van der Waals surface area (Å²) in [5, 5.41) is 6.04. The Morgan fingerprint density at radius 2 is 1.82 bits per heavy atom. The average molecular weight is 423 g/mol. The van der Waals surface area contributed by atoms with Gasteiger partial charge in [-0.2, -0.15) is 0 Å². The first-order valence-corrected chi connectivity index (χ1v) is 10.6. The van der Waals surface area contributed by atoms with E-state index in [1.807, 2.05) is 29.8 Å². The molecule has 0 radical (unpaired) electrons. The highest BCUT2D eigenvalue weighted by atomic mass is 32.1. The number of aromatic nitrogens is 2. The molecule has 2 heterocycles. The smallest absolute Gasteiger partial charge is 0.333 e. The van der Waals surface area contributed by atoms with Crippen molar-refractivity contribution in [1.29, 1.82) is 0 Å². The molecule has 0 unspecified atom stereocenters. The monoisotopic (exact) mass is 422 g/mol. The van der Waals surface area contributed by atoms with E-state index in [0.29, 0.717) is 11.7 Å². The molecule has 2 aromatic rings. The highest BCUT2D eigenvalue weighted by Gasteiger charge is 2.20. The second kappa shape index (κ2) is 10.5. The maximum Gasteiger partial charge on any atom is 0.333 e. The van der Waals surface area contributed by atoms with Crippen LogP contribution in [0.5, 0.6) is 0 Å². The van der Waals surface area contributed by atoms with Gasteiger partial charge in [0.15, 0.2) is 0 Å². The molecule has 2 aromatic heterocycles. The van der Waals surface area contributed by atoms with Gasteiger partial charge >= 0.3 is 5.97 Å². The predicted molar refractivity (Wildman–Crippen MR) is 113 cm³/mol. The number of ether oxygens (including phenoxy) is 3. The van der Waals surface area contributed by atoms with E-state index in [0.717, 1.165) is 21.4 Å². The number of thiazole rings is 2. The molecule has 8 heteroatoms. The van der Waals surface area contributed by atoms with E-state index in [1.165, 1.54) is 20.3 Å². The Bertz CT molecular complexity index is 839. The number of nitrogens with zero attached hydrogens (tertiary/aromatic N) is 2. The number of hydrogen-bond donors (Lipinski definition) is 0. The van der Waals surface area contributed by atoms with Crippen LogP contribution in [0.2, 0.25) is 0 Å². The van der Waals surface area contributed by atoms with Gasteiger partial charge in [0.2, 0.25) is 0 Å². The molecule has 0 aliphatic rings. The maximum absolute atomic E-state index is 11.5. The molecule has 0 saturated heterocycles. The quantitative estimate of drug-likeness (QED) is 0.330. The molecule has 28 heavy (non-hydrogen) atoms. The first-order valence-electron chi connectivity index (χ1n) is 8.85. The van der Waals surface area contributed by atoms with Crippen LogP contribution in [0, 0.1) is 5.92 Å². The lowest BCUT2D eigenvalue weighted by Gasteiger charge is -2.21. The van der Waals surface area contributed by atoms with Crippen LogP contribution in [-0.2, 0) is 19.0 Å². The zero-order valence-corrected chi connectivity index (χ0v) is 18.6. The minimum atomic E-state index is -0.462. The van der Waals surface area contributed by atoms with Gasteiger partial charge in [-0.15, -0.1) is 22.7 Å². The molecule has 6 nitrogen and oxygen atoms in total. The Labute approximate surface area is 173 Å². The maximum atomic E-state index is 11.5. The number of carbonyl (C=O) groups excluding carboxylic acids is 1. The van der Waals surface area contributed by atoms with E-state index in [9.17, 15) is 4.79 Å². The van der Waals surface area contributed by atoms with Gasteiger partial charge in [0, 0.05) is 29.7 Å². The molecule has 0 aromatic carbocycles. The number of methoxy groups -OCH3 is 3. The van der Waals surface area contributed by atoms with Crippen LogP contribution in [0.1, 0.15) is 37.4 Å². The third-order valence-electron chi connectivity index (χ3n) is 4.12. The van der Waals surface area contributed by atoms with Crippen LogP contribution in [0.3, 0.4) is 0 Å². The zero-order valence-electron chi connectivity index (χ0n) is 17.0. The topological polar surface area (TPSA) is 70.5 Å². The molecule has 0 saturated carbocycles. The van der Waals surface area contributed by atoms with Gasteiger partial charge in [-0.25, -0.2) is 14.8 Å². The van der Waals surface area contributed by atoms with E-state index in [4.69, 9.17) is 9.47 Å². The lowest BCUT2D eigenvalue weighted by atomic mass is 10.0. The summed E-state index contributed by atoms with van der Waals surface area (Å²) in [5.74, 6) is 0.271. The molecule has 0 aliphatic heterocycles. The predicted octanol–water partition coefficient (Wildman–Crippen LogP) is 4.76. The van der Waals surface area contributed by atoms with E-state index < -0.39 is 5.97 Å². The summed E-state index contributed by atoms with van der Waals surface area (Å²) >= 11 is 3.22. The van der Waals surface area contributed by atoms with Gasteiger partial charge in [0.25, 0.3) is 0 Å². The van der Waals surface area contributed by atoms with Crippen molar-refractivity contribution in [2.24, 2.45) is 5.92 Å². The van der Waals surface area contributed by atoms with Gasteiger partial charge in [0.1, 0.15) is 16.5 Å².